The van der Waals surface area contributed by atoms with Crippen LogP contribution < -0.4 is 10.1 Å². The highest BCUT2D eigenvalue weighted by molar-refractivity contribution is 7.09. The average Bonchev–Trinajstić information content (AvgIpc) is 3.08. The molecule has 0 aliphatic carbocycles. The van der Waals surface area contributed by atoms with Crippen LogP contribution in [0.25, 0.3) is 0 Å². The summed E-state index contributed by atoms with van der Waals surface area (Å²) in [5.41, 5.74) is 2.24. The van der Waals surface area contributed by atoms with Gasteiger partial charge in [0.1, 0.15) is 17.4 Å². The number of hydrogen-bond acceptors (Lipinski definition) is 5. The van der Waals surface area contributed by atoms with Crippen LogP contribution in [0.2, 0.25) is 5.02 Å². The number of thiazole rings is 1. The van der Waals surface area contributed by atoms with Gasteiger partial charge in [-0.3, -0.25) is 4.98 Å². The second-order valence-electron chi connectivity index (χ2n) is 5.36. The molecular formula is C18H18ClN3OS. The zero-order valence-corrected chi connectivity index (χ0v) is 14.8. The molecule has 0 saturated heterocycles. The average molecular weight is 360 g/mol. The smallest absolute Gasteiger partial charge is 0.140 e. The van der Waals surface area contributed by atoms with Crippen LogP contribution >= 0.6 is 22.9 Å². The lowest BCUT2D eigenvalue weighted by molar-refractivity contribution is 0.305. The first-order chi connectivity index (χ1) is 11.7. The van der Waals surface area contributed by atoms with E-state index in [0.717, 1.165) is 23.0 Å². The third-order valence-corrected chi connectivity index (χ3v) is 4.69. The standard InChI is InChI=1S/C18H18ClN3OS/c1-13(14-6-8-20-9-7-14)21-10-16-12-24-18(22-16)11-23-17-4-2-15(19)3-5-17/h2-9,12-13,21H,10-11H2,1H3/t13-/m0/s1. The second-order valence-corrected chi connectivity index (χ2v) is 6.74. The minimum absolute atomic E-state index is 0.253. The van der Waals surface area contributed by atoms with Crippen molar-refractivity contribution in [3.05, 3.63) is 75.5 Å². The molecular weight excluding hydrogens is 342 g/mol. The van der Waals surface area contributed by atoms with E-state index >= 15 is 0 Å². The highest BCUT2D eigenvalue weighted by Gasteiger charge is 2.07. The van der Waals surface area contributed by atoms with Crippen LogP contribution in [0.4, 0.5) is 0 Å². The van der Waals surface area contributed by atoms with Crippen LogP contribution in [0.3, 0.4) is 0 Å². The third kappa shape index (κ3) is 4.77. The van der Waals surface area contributed by atoms with Gasteiger partial charge in [0, 0.05) is 35.4 Å². The molecule has 2 aromatic heterocycles. The molecule has 2 heterocycles. The summed E-state index contributed by atoms with van der Waals surface area (Å²) in [6.07, 6.45) is 3.62. The summed E-state index contributed by atoms with van der Waals surface area (Å²) in [6.45, 7) is 3.32. The van der Waals surface area contributed by atoms with Crippen molar-refractivity contribution in [3.63, 3.8) is 0 Å². The van der Waals surface area contributed by atoms with Gasteiger partial charge in [0.15, 0.2) is 0 Å². The molecule has 3 rings (SSSR count). The topological polar surface area (TPSA) is 47.0 Å². The Morgan fingerprint density at radius 2 is 1.92 bits per heavy atom. The van der Waals surface area contributed by atoms with Crippen LogP contribution in [-0.4, -0.2) is 9.97 Å². The SMILES string of the molecule is C[C@H](NCc1csc(COc2ccc(Cl)cc2)n1)c1ccncc1. The molecule has 0 unspecified atom stereocenters. The van der Waals surface area contributed by atoms with Crippen molar-refractivity contribution in [2.45, 2.75) is 26.1 Å². The van der Waals surface area contributed by atoms with E-state index in [2.05, 4.69) is 27.6 Å². The van der Waals surface area contributed by atoms with E-state index in [1.807, 2.05) is 48.8 Å². The number of halogens is 1. The van der Waals surface area contributed by atoms with Crippen LogP contribution in [-0.2, 0) is 13.2 Å². The number of aromatic nitrogens is 2. The highest BCUT2D eigenvalue weighted by Crippen LogP contribution is 2.18. The molecule has 3 aromatic rings. The molecule has 0 amide bonds. The fourth-order valence-electron chi connectivity index (χ4n) is 2.20. The first-order valence-electron chi connectivity index (χ1n) is 7.65. The van der Waals surface area contributed by atoms with Crippen LogP contribution in [0.1, 0.15) is 29.2 Å². The Kier molecular flexibility index (Phi) is 5.80. The largest absolute Gasteiger partial charge is 0.486 e. The van der Waals surface area contributed by atoms with Crippen molar-refractivity contribution in [1.29, 1.82) is 0 Å². The lowest BCUT2D eigenvalue weighted by Crippen LogP contribution is -2.18. The summed E-state index contributed by atoms with van der Waals surface area (Å²) in [5.74, 6) is 0.792. The molecule has 0 spiro atoms. The summed E-state index contributed by atoms with van der Waals surface area (Å²) in [7, 11) is 0. The number of pyridine rings is 1. The van der Waals surface area contributed by atoms with Gasteiger partial charge in [-0.05, 0) is 48.9 Å². The van der Waals surface area contributed by atoms with E-state index in [-0.39, 0.29) is 6.04 Å². The van der Waals surface area contributed by atoms with Gasteiger partial charge in [0.2, 0.25) is 0 Å². The van der Waals surface area contributed by atoms with Crippen molar-refractivity contribution in [3.8, 4) is 5.75 Å². The maximum absolute atomic E-state index is 5.86. The Morgan fingerprint density at radius 3 is 2.67 bits per heavy atom. The molecule has 0 bridgehead atoms. The molecule has 0 saturated carbocycles. The number of rotatable bonds is 7. The lowest BCUT2D eigenvalue weighted by Gasteiger charge is -2.12. The van der Waals surface area contributed by atoms with Crippen molar-refractivity contribution in [1.82, 2.24) is 15.3 Å². The Morgan fingerprint density at radius 1 is 1.17 bits per heavy atom. The van der Waals surface area contributed by atoms with Gasteiger partial charge in [0.05, 0.1) is 5.69 Å². The van der Waals surface area contributed by atoms with E-state index in [0.29, 0.717) is 11.6 Å². The summed E-state index contributed by atoms with van der Waals surface area (Å²) >= 11 is 7.47. The van der Waals surface area contributed by atoms with E-state index in [4.69, 9.17) is 16.3 Å². The van der Waals surface area contributed by atoms with E-state index < -0.39 is 0 Å². The van der Waals surface area contributed by atoms with E-state index in [9.17, 15) is 0 Å². The minimum Gasteiger partial charge on any atom is -0.486 e. The molecule has 0 aliphatic heterocycles. The monoisotopic (exact) mass is 359 g/mol. The number of hydrogen-bond donors (Lipinski definition) is 1. The molecule has 124 valence electrons. The predicted octanol–water partition coefficient (Wildman–Crippen LogP) is 4.62. The van der Waals surface area contributed by atoms with Gasteiger partial charge in [-0.15, -0.1) is 11.3 Å². The van der Waals surface area contributed by atoms with Gasteiger partial charge >= 0.3 is 0 Å². The highest BCUT2D eigenvalue weighted by atomic mass is 35.5. The fraction of sp³-hybridized carbons (Fsp3) is 0.222. The number of nitrogens with zero attached hydrogens (tertiary/aromatic N) is 2. The zero-order valence-electron chi connectivity index (χ0n) is 13.3. The minimum atomic E-state index is 0.253. The van der Waals surface area contributed by atoms with Gasteiger partial charge in [-0.1, -0.05) is 11.6 Å². The van der Waals surface area contributed by atoms with Crippen molar-refractivity contribution in [2.24, 2.45) is 0 Å². The maximum atomic E-state index is 5.86. The number of ether oxygens (including phenoxy) is 1. The van der Waals surface area contributed by atoms with Crippen LogP contribution in [0.15, 0.2) is 54.2 Å². The number of nitrogens with one attached hydrogen (secondary N) is 1. The Labute approximate surface area is 150 Å². The predicted molar refractivity (Wildman–Crippen MR) is 97.4 cm³/mol. The molecule has 4 nitrogen and oxygen atoms in total. The van der Waals surface area contributed by atoms with E-state index in [1.54, 1.807) is 11.3 Å². The lowest BCUT2D eigenvalue weighted by atomic mass is 10.1. The van der Waals surface area contributed by atoms with Gasteiger partial charge in [-0.2, -0.15) is 0 Å². The second kappa shape index (κ2) is 8.24. The molecule has 1 aromatic carbocycles. The Bertz CT molecular complexity index is 761. The molecule has 0 aliphatic rings. The van der Waals surface area contributed by atoms with Gasteiger partial charge < -0.3 is 10.1 Å². The van der Waals surface area contributed by atoms with E-state index in [1.165, 1.54) is 5.56 Å². The van der Waals surface area contributed by atoms with Crippen molar-refractivity contribution >= 4 is 22.9 Å². The third-order valence-electron chi connectivity index (χ3n) is 3.57. The van der Waals surface area contributed by atoms with Crippen molar-refractivity contribution < 1.29 is 4.74 Å². The van der Waals surface area contributed by atoms with Gasteiger partial charge in [-0.25, -0.2) is 4.98 Å². The zero-order chi connectivity index (χ0) is 16.8. The van der Waals surface area contributed by atoms with Gasteiger partial charge in [0.25, 0.3) is 0 Å². The summed E-state index contributed by atoms with van der Waals surface area (Å²) in [4.78, 5) is 8.64. The summed E-state index contributed by atoms with van der Waals surface area (Å²) in [5, 5.41) is 7.19. The normalized spacial score (nSPS) is 12.1. The molecule has 6 heteroatoms. The maximum Gasteiger partial charge on any atom is 0.140 e. The molecule has 1 atom stereocenters. The van der Waals surface area contributed by atoms with Crippen LogP contribution in [0.5, 0.6) is 5.75 Å². The Hall–Kier alpha value is -1.95. The first-order valence-corrected chi connectivity index (χ1v) is 8.91. The first kappa shape index (κ1) is 16.9. The van der Waals surface area contributed by atoms with Crippen molar-refractivity contribution in [2.75, 3.05) is 0 Å². The summed E-state index contributed by atoms with van der Waals surface area (Å²) < 4.78 is 5.72. The fourth-order valence-corrected chi connectivity index (χ4v) is 3.03. The quantitative estimate of drug-likeness (QED) is 0.668. The molecule has 1 N–H and O–H groups in total. The Balaban J connectivity index is 1.49. The van der Waals surface area contributed by atoms with Crippen LogP contribution in [0, 0.1) is 0 Å². The summed E-state index contributed by atoms with van der Waals surface area (Å²) in [6, 6.07) is 11.6. The molecule has 24 heavy (non-hydrogen) atoms. The molecule has 0 radical (unpaired) electrons. The number of benzene rings is 1. The molecule has 0 fully saturated rings.